The minimum absolute atomic E-state index is 0.00347. The third kappa shape index (κ3) is 9.66. The molecule has 2 unspecified atom stereocenters. The fourth-order valence-corrected chi connectivity index (χ4v) is 4.45. The van der Waals surface area contributed by atoms with Crippen LogP contribution >= 0.6 is 15.9 Å². The molecule has 3 aliphatic heterocycles. The highest BCUT2D eigenvalue weighted by Crippen LogP contribution is 2.35. The largest absolute Gasteiger partial charge is 0.493 e. The molecule has 0 saturated heterocycles. The molecule has 46 heavy (non-hydrogen) atoms. The number of hydrogen-bond acceptors (Lipinski definition) is 9. The molecule has 0 aliphatic carbocycles. The number of hydrogen-bond donors (Lipinski definition) is 0. The molecule has 3 aromatic rings. The lowest BCUT2D eigenvalue weighted by atomic mass is 10.0. The normalized spacial score (nSPS) is 16.7. The van der Waals surface area contributed by atoms with Crippen LogP contribution in [0.4, 0.5) is 30.2 Å². The highest BCUT2D eigenvalue weighted by molar-refractivity contribution is 9.10. The van der Waals surface area contributed by atoms with Gasteiger partial charge in [0.25, 0.3) is 17.1 Å². The molecule has 0 bridgehead atoms. The van der Waals surface area contributed by atoms with E-state index in [-0.39, 0.29) is 32.7 Å². The SMILES string of the molecule is O=[N+]([O-])c1cccc(F)c1Br.O=[N+]([O-])c1cccc(F)c1C1C=CCO1.O=[N+]([O-])c1cccc(F)c1C1CC=CO1.[C+]1=CCCO1. The van der Waals surface area contributed by atoms with Gasteiger partial charge in [0.1, 0.15) is 39.7 Å². The summed E-state index contributed by atoms with van der Waals surface area (Å²) < 4.78 is 54.3. The average Bonchev–Trinajstić information content (AvgIpc) is 3.84. The Morgan fingerprint density at radius 2 is 1.35 bits per heavy atom. The topological polar surface area (TPSA) is 157 Å². The maximum atomic E-state index is 13.5. The van der Waals surface area contributed by atoms with E-state index in [9.17, 15) is 43.5 Å². The van der Waals surface area contributed by atoms with Gasteiger partial charge in [-0.2, -0.15) is 0 Å². The van der Waals surface area contributed by atoms with E-state index in [4.69, 9.17) is 9.47 Å². The van der Waals surface area contributed by atoms with Gasteiger partial charge in [-0.15, -0.1) is 0 Å². The summed E-state index contributed by atoms with van der Waals surface area (Å²) in [7, 11) is 0. The smallest absolute Gasteiger partial charge is 0.480 e. The van der Waals surface area contributed by atoms with Crippen molar-refractivity contribution >= 4 is 33.0 Å². The van der Waals surface area contributed by atoms with E-state index in [2.05, 4.69) is 26.9 Å². The Balaban J connectivity index is 0.000000176. The van der Waals surface area contributed by atoms with E-state index in [1.165, 1.54) is 54.8 Å². The van der Waals surface area contributed by atoms with Crippen LogP contribution in [-0.2, 0) is 14.2 Å². The Kier molecular flexibility index (Phi) is 13.3. The third-order valence-electron chi connectivity index (χ3n) is 6.09. The van der Waals surface area contributed by atoms with Gasteiger partial charge >= 0.3 is 6.26 Å². The highest BCUT2D eigenvalue weighted by Gasteiger charge is 2.28. The summed E-state index contributed by atoms with van der Waals surface area (Å²) in [5.74, 6) is -1.84. The monoisotopic (exact) mass is 706 g/mol. The van der Waals surface area contributed by atoms with Crippen LogP contribution in [0.3, 0.4) is 0 Å². The summed E-state index contributed by atoms with van der Waals surface area (Å²) in [4.78, 5) is 29.7. The number of nitro benzene ring substituents is 3. The maximum absolute atomic E-state index is 13.5. The first kappa shape index (κ1) is 35.3. The van der Waals surface area contributed by atoms with Crippen molar-refractivity contribution in [1.82, 2.24) is 0 Å². The number of nitrogens with zero attached hydrogens (tertiary/aromatic N) is 3. The molecule has 0 spiro atoms. The molecule has 0 radical (unpaired) electrons. The molecule has 12 nitrogen and oxygen atoms in total. The zero-order chi connectivity index (χ0) is 33.6. The van der Waals surface area contributed by atoms with Crippen molar-refractivity contribution in [3.63, 3.8) is 0 Å². The van der Waals surface area contributed by atoms with Crippen LogP contribution in [0.2, 0.25) is 0 Å². The van der Waals surface area contributed by atoms with Crippen molar-refractivity contribution < 1.29 is 42.2 Å². The Bertz CT molecular complexity index is 1640. The van der Waals surface area contributed by atoms with Gasteiger partial charge in [-0.3, -0.25) is 35.1 Å². The molecule has 0 fully saturated rings. The van der Waals surface area contributed by atoms with Crippen molar-refractivity contribution in [3.05, 3.63) is 155 Å². The van der Waals surface area contributed by atoms with Crippen LogP contribution in [0.1, 0.15) is 36.2 Å². The second-order valence-electron chi connectivity index (χ2n) is 9.06. The van der Waals surface area contributed by atoms with Crippen LogP contribution in [0, 0.1) is 54.1 Å². The zero-order valence-corrected chi connectivity index (χ0v) is 25.2. The summed E-state index contributed by atoms with van der Waals surface area (Å²) in [6.45, 7) is 1.19. The molecule has 0 N–H and O–H groups in total. The van der Waals surface area contributed by atoms with E-state index in [1.807, 2.05) is 6.08 Å². The number of benzene rings is 3. The molecule has 6 rings (SSSR count). The van der Waals surface area contributed by atoms with E-state index in [0.29, 0.717) is 13.0 Å². The van der Waals surface area contributed by atoms with Gasteiger partial charge in [-0.1, -0.05) is 30.4 Å². The lowest BCUT2D eigenvalue weighted by molar-refractivity contribution is -0.386. The summed E-state index contributed by atoms with van der Waals surface area (Å²) >= 11 is 2.76. The molecular weight excluding hydrogens is 683 g/mol. The molecule has 3 aliphatic rings. The van der Waals surface area contributed by atoms with Crippen LogP contribution < -0.4 is 0 Å². The Morgan fingerprint density at radius 1 is 0.783 bits per heavy atom. The number of nitro groups is 3. The first-order valence-corrected chi connectivity index (χ1v) is 14.0. The third-order valence-corrected chi connectivity index (χ3v) is 6.88. The maximum Gasteiger partial charge on any atom is 0.480 e. The lowest BCUT2D eigenvalue weighted by Gasteiger charge is -2.11. The Morgan fingerprint density at radius 3 is 1.78 bits per heavy atom. The van der Waals surface area contributed by atoms with Crippen molar-refractivity contribution in [2.45, 2.75) is 25.0 Å². The van der Waals surface area contributed by atoms with Crippen molar-refractivity contribution in [2.75, 3.05) is 13.2 Å². The van der Waals surface area contributed by atoms with Crippen LogP contribution in [0.15, 0.2) is 89.6 Å². The van der Waals surface area contributed by atoms with Crippen molar-refractivity contribution in [1.29, 1.82) is 0 Å². The minimum atomic E-state index is -0.647. The predicted octanol–water partition coefficient (Wildman–Crippen LogP) is 8.29. The fourth-order valence-electron chi connectivity index (χ4n) is 4.04. The molecule has 2 atom stereocenters. The molecule has 0 saturated carbocycles. The minimum Gasteiger partial charge on any atom is -0.493 e. The van der Waals surface area contributed by atoms with E-state index >= 15 is 0 Å². The second-order valence-corrected chi connectivity index (χ2v) is 9.86. The van der Waals surface area contributed by atoms with E-state index < -0.39 is 44.4 Å². The highest BCUT2D eigenvalue weighted by atomic mass is 79.9. The Labute approximate surface area is 268 Å². The zero-order valence-electron chi connectivity index (χ0n) is 23.6. The quantitative estimate of drug-likeness (QED) is 0.110. The molecular formula is C30H24BrF3N3O9+. The van der Waals surface area contributed by atoms with Gasteiger partial charge in [0.05, 0.1) is 39.6 Å². The van der Waals surface area contributed by atoms with E-state index in [1.54, 1.807) is 18.2 Å². The van der Waals surface area contributed by atoms with Gasteiger partial charge in [0.15, 0.2) is 6.61 Å². The van der Waals surface area contributed by atoms with Gasteiger partial charge in [-0.05, 0) is 40.2 Å². The van der Waals surface area contributed by atoms with Crippen molar-refractivity contribution in [2.24, 2.45) is 0 Å². The summed E-state index contributed by atoms with van der Waals surface area (Å²) in [6.07, 6.45) is 11.2. The molecule has 3 aromatic carbocycles. The molecule has 3 heterocycles. The molecule has 0 aromatic heterocycles. The molecule has 0 amide bonds. The van der Waals surface area contributed by atoms with Gasteiger partial charge in [0.2, 0.25) is 6.08 Å². The lowest BCUT2D eigenvalue weighted by Crippen LogP contribution is -2.04. The van der Waals surface area contributed by atoms with Gasteiger partial charge < -0.3 is 9.47 Å². The predicted molar refractivity (Wildman–Crippen MR) is 161 cm³/mol. The summed E-state index contributed by atoms with van der Waals surface area (Å²) in [6, 6.07) is 11.2. The first-order valence-electron chi connectivity index (χ1n) is 13.2. The average molecular weight is 707 g/mol. The number of halogens is 4. The number of rotatable bonds is 5. The standard InChI is InChI=1S/2C10H8FNO3.C6H3BrFNO2.C4H5O/c2*11-7-3-1-4-8(12(13)14)10(7)9-5-2-6-15-9;7-6-4(8)2-1-3-5(6)9(10)11;1-2-4-5-3-1/h1-4,6,9H,5H2;1-5,9H,6H2;1-3H;1H,2,4H2/q;;;+1. The summed E-state index contributed by atoms with van der Waals surface area (Å²) in [5.41, 5.74) is -0.719. The summed E-state index contributed by atoms with van der Waals surface area (Å²) in [5, 5.41) is 31.6. The first-order chi connectivity index (χ1) is 22.0. The second kappa shape index (κ2) is 17.3. The van der Waals surface area contributed by atoms with E-state index in [0.717, 1.165) is 19.1 Å². The van der Waals surface area contributed by atoms with Gasteiger partial charge in [0, 0.05) is 24.6 Å². The van der Waals surface area contributed by atoms with Crippen molar-refractivity contribution in [3.8, 4) is 0 Å². The van der Waals surface area contributed by atoms with Crippen LogP contribution in [0.5, 0.6) is 0 Å². The number of ether oxygens (including phenoxy) is 3. The molecule has 16 heteroatoms. The van der Waals surface area contributed by atoms with Crippen LogP contribution in [-0.4, -0.2) is 28.0 Å². The van der Waals surface area contributed by atoms with Gasteiger partial charge in [-0.25, -0.2) is 13.2 Å². The Hall–Kier alpha value is -5.18. The van der Waals surface area contributed by atoms with Crippen LogP contribution in [0.25, 0.3) is 0 Å². The fraction of sp³-hybridized carbons (Fsp3) is 0.200. The molecule has 240 valence electrons.